The molecule has 0 radical (unpaired) electrons. The summed E-state index contributed by atoms with van der Waals surface area (Å²) in [4.78, 5) is 18.9. The predicted octanol–water partition coefficient (Wildman–Crippen LogP) is 5.55. The Bertz CT molecular complexity index is 1120. The topological polar surface area (TPSA) is 51.4 Å². The van der Waals surface area contributed by atoms with E-state index in [0.29, 0.717) is 40.7 Å². The van der Waals surface area contributed by atoms with E-state index in [2.05, 4.69) is 20.3 Å². The highest BCUT2D eigenvalue weighted by molar-refractivity contribution is 5.99. The number of likely N-dealkylation sites (tertiary alicyclic amines) is 1. The van der Waals surface area contributed by atoms with E-state index in [1.54, 1.807) is 6.07 Å². The molecule has 6 aliphatic rings. The van der Waals surface area contributed by atoms with Crippen molar-refractivity contribution in [2.24, 2.45) is 17.3 Å². The number of benzene rings is 1. The van der Waals surface area contributed by atoms with Crippen LogP contribution < -0.4 is 5.43 Å². The minimum absolute atomic E-state index is 0.0696. The zero-order valence-corrected chi connectivity index (χ0v) is 21.0. The van der Waals surface area contributed by atoms with Crippen molar-refractivity contribution in [3.8, 4) is 0 Å². The van der Waals surface area contributed by atoms with Crippen molar-refractivity contribution >= 4 is 16.8 Å². The zero-order valence-electron chi connectivity index (χ0n) is 21.0. The monoisotopic (exact) mass is 478 g/mol. The van der Waals surface area contributed by atoms with E-state index >= 15 is 0 Å². The second kappa shape index (κ2) is 8.31. The van der Waals surface area contributed by atoms with Crippen LogP contribution in [-0.4, -0.2) is 52.0 Å². The fourth-order valence-corrected chi connectivity index (χ4v) is 8.49. The molecular weight excluding hydrogens is 439 g/mol. The molecule has 0 spiro atoms. The summed E-state index contributed by atoms with van der Waals surface area (Å²) in [5, 5.41) is 3.69. The van der Waals surface area contributed by atoms with Gasteiger partial charge in [-0.25, -0.2) is 9.40 Å². The number of nitrogens with zero attached hydrogens (tertiary/aromatic N) is 2. The van der Waals surface area contributed by atoms with Crippen LogP contribution >= 0.6 is 0 Å². The summed E-state index contributed by atoms with van der Waals surface area (Å²) in [5.74, 6) is 1.28. The first kappa shape index (κ1) is 22.3. The number of halogens is 1. The molecule has 35 heavy (non-hydrogen) atoms. The van der Waals surface area contributed by atoms with Gasteiger partial charge in [-0.2, -0.15) is 0 Å². The fraction of sp³-hybridized carbons (Fsp3) is 0.690. The molecule has 6 fully saturated rings. The minimum atomic E-state index is -0.260. The number of carbonyl (C=O) groups excluding carboxylic acids is 1. The van der Waals surface area contributed by atoms with Crippen molar-refractivity contribution in [3.63, 3.8) is 0 Å². The van der Waals surface area contributed by atoms with Crippen LogP contribution in [0.15, 0.2) is 18.2 Å². The predicted molar refractivity (Wildman–Crippen MR) is 135 cm³/mol. The number of aromatic amines is 1. The number of aromatic nitrogens is 1. The standard InChI is InChI=1S/C29H39FN4O/c1-18-11-20(30)12-25-22(18)13-26(31-25)28(35)33-10-9-24-23(17-33)27(29-14-19(15-29)16-29)34(32-24)21-7-5-3-2-4-6-8-21/h11-13,19,21,23-24,27,31-32H,2-10,14-17H2,1H3. The van der Waals surface area contributed by atoms with Crippen LogP contribution in [0.25, 0.3) is 10.9 Å². The summed E-state index contributed by atoms with van der Waals surface area (Å²) in [6, 6.07) is 6.66. The summed E-state index contributed by atoms with van der Waals surface area (Å²) < 4.78 is 13.9. The van der Waals surface area contributed by atoms with Gasteiger partial charge in [-0.3, -0.25) is 10.2 Å². The Morgan fingerprint density at radius 1 is 1.03 bits per heavy atom. The molecule has 3 heterocycles. The molecule has 1 aromatic heterocycles. The Labute approximate surface area is 207 Å². The molecule has 8 rings (SSSR count). The van der Waals surface area contributed by atoms with E-state index in [4.69, 9.17) is 0 Å². The van der Waals surface area contributed by atoms with Crippen LogP contribution in [0.5, 0.6) is 0 Å². The molecular formula is C29H39FN4O. The van der Waals surface area contributed by atoms with Crippen LogP contribution in [0.2, 0.25) is 0 Å². The van der Waals surface area contributed by atoms with Gasteiger partial charge >= 0.3 is 0 Å². The maximum Gasteiger partial charge on any atom is 0.270 e. The average Bonchev–Trinajstić information content (AvgIpc) is 3.33. The molecule has 6 heteroatoms. The quantitative estimate of drug-likeness (QED) is 0.608. The number of hydrogen-bond donors (Lipinski definition) is 2. The molecule has 2 aromatic rings. The van der Waals surface area contributed by atoms with Gasteiger partial charge in [0.25, 0.3) is 5.91 Å². The van der Waals surface area contributed by atoms with Gasteiger partial charge < -0.3 is 9.88 Å². The minimum Gasteiger partial charge on any atom is -0.350 e. The van der Waals surface area contributed by atoms with E-state index in [1.807, 2.05) is 13.0 Å². The van der Waals surface area contributed by atoms with E-state index in [-0.39, 0.29) is 11.7 Å². The van der Waals surface area contributed by atoms with Gasteiger partial charge in [-0.15, -0.1) is 0 Å². The van der Waals surface area contributed by atoms with Crippen LogP contribution in [-0.2, 0) is 0 Å². The summed E-state index contributed by atoms with van der Waals surface area (Å²) in [6.45, 7) is 3.53. The number of piperidine rings is 1. The van der Waals surface area contributed by atoms with E-state index in [0.717, 1.165) is 36.4 Å². The van der Waals surface area contributed by atoms with Crippen molar-refractivity contribution in [2.75, 3.05) is 13.1 Å². The van der Waals surface area contributed by atoms with Crippen LogP contribution in [0, 0.1) is 30.0 Å². The Balaban J connectivity index is 1.14. The third kappa shape index (κ3) is 3.58. The lowest BCUT2D eigenvalue weighted by Gasteiger charge is -2.67. The van der Waals surface area contributed by atoms with E-state index in [9.17, 15) is 9.18 Å². The number of rotatable bonds is 3. The Kier molecular flexibility index (Phi) is 5.29. The molecule has 3 atom stereocenters. The highest BCUT2D eigenvalue weighted by Crippen LogP contribution is 2.69. The molecule has 2 N–H and O–H groups in total. The second-order valence-corrected chi connectivity index (χ2v) is 12.5. The van der Waals surface area contributed by atoms with Crippen LogP contribution in [0.4, 0.5) is 4.39 Å². The summed E-state index contributed by atoms with van der Waals surface area (Å²) in [5.41, 5.74) is 6.70. The first-order valence-corrected chi connectivity index (χ1v) is 14.1. The number of H-pyrrole nitrogens is 1. The van der Waals surface area contributed by atoms with E-state index in [1.165, 1.54) is 70.3 Å². The lowest BCUT2D eigenvalue weighted by molar-refractivity contribution is -0.177. The number of nitrogens with one attached hydrogen (secondary N) is 2. The summed E-state index contributed by atoms with van der Waals surface area (Å²) >= 11 is 0. The Hall–Kier alpha value is -1.92. The first-order valence-electron chi connectivity index (χ1n) is 14.1. The SMILES string of the molecule is Cc1cc(F)cc2[nH]c(C(=O)N3CCC4NN(C5CCCCCCC5)C(C56CC(C5)C6)C4C3)cc12. The third-order valence-electron chi connectivity index (χ3n) is 10.3. The van der Waals surface area contributed by atoms with Crippen molar-refractivity contribution in [1.82, 2.24) is 20.3 Å². The smallest absolute Gasteiger partial charge is 0.270 e. The fourth-order valence-electron chi connectivity index (χ4n) is 8.49. The van der Waals surface area contributed by atoms with Gasteiger partial charge in [-0.05, 0) is 80.5 Å². The van der Waals surface area contributed by atoms with Gasteiger partial charge in [0, 0.05) is 48.0 Å². The van der Waals surface area contributed by atoms with Crippen molar-refractivity contribution in [1.29, 1.82) is 0 Å². The molecule has 2 bridgehead atoms. The molecule has 5 nitrogen and oxygen atoms in total. The second-order valence-electron chi connectivity index (χ2n) is 12.5. The number of fused-ring (bicyclic) bond motifs is 2. The Morgan fingerprint density at radius 3 is 2.49 bits per heavy atom. The van der Waals surface area contributed by atoms with Crippen molar-refractivity contribution in [2.45, 2.75) is 95.7 Å². The molecule has 4 aliphatic carbocycles. The number of aryl methyl sites for hydroxylation is 1. The van der Waals surface area contributed by atoms with Crippen LogP contribution in [0.1, 0.15) is 86.7 Å². The molecule has 1 amide bonds. The molecule has 3 unspecified atom stereocenters. The number of amides is 1. The largest absolute Gasteiger partial charge is 0.350 e. The maximum atomic E-state index is 13.9. The average molecular weight is 479 g/mol. The Morgan fingerprint density at radius 2 is 1.77 bits per heavy atom. The zero-order chi connectivity index (χ0) is 23.7. The molecule has 188 valence electrons. The lowest BCUT2D eigenvalue weighted by Crippen LogP contribution is -2.66. The van der Waals surface area contributed by atoms with Gasteiger partial charge in [0.15, 0.2) is 0 Å². The van der Waals surface area contributed by atoms with E-state index < -0.39 is 0 Å². The number of carbonyl (C=O) groups is 1. The first-order chi connectivity index (χ1) is 17.0. The number of hydrazine groups is 1. The lowest BCUT2D eigenvalue weighted by atomic mass is 9.40. The summed E-state index contributed by atoms with van der Waals surface area (Å²) in [7, 11) is 0. The van der Waals surface area contributed by atoms with Crippen molar-refractivity contribution in [3.05, 3.63) is 35.3 Å². The number of hydrogen-bond acceptors (Lipinski definition) is 3. The third-order valence-corrected chi connectivity index (χ3v) is 10.3. The van der Waals surface area contributed by atoms with Gasteiger partial charge in [0.05, 0.1) is 0 Å². The van der Waals surface area contributed by atoms with Crippen molar-refractivity contribution < 1.29 is 9.18 Å². The normalized spacial score (nSPS) is 35.8. The highest BCUT2D eigenvalue weighted by Gasteiger charge is 2.66. The molecule has 4 saturated carbocycles. The molecule has 2 aliphatic heterocycles. The van der Waals surface area contributed by atoms with Gasteiger partial charge in [0.2, 0.25) is 0 Å². The van der Waals surface area contributed by atoms with Gasteiger partial charge in [0.1, 0.15) is 11.5 Å². The summed E-state index contributed by atoms with van der Waals surface area (Å²) in [6.07, 6.45) is 14.7. The van der Waals surface area contributed by atoms with Crippen LogP contribution in [0.3, 0.4) is 0 Å². The van der Waals surface area contributed by atoms with Gasteiger partial charge in [-0.1, -0.05) is 32.1 Å². The molecule has 1 aromatic carbocycles. The highest BCUT2D eigenvalue weighted by atomic mass is 19.1. The molecule has 2 saturated heterocycles. The maximum absolute atomic E-state index is 13.9.